The summed E-state index contributed by atoms with van der Waals surface area (Å²) in [5, 5.41) is 0.338. The molecule has 0 aliphatic rings. The third-order valence-electron chi connectivity index (χ3n) is 1.22. The van der Waals surface area contributed by atoms with Gasteiger partial charge in [0.1, 0.15) is 0 Å². The van der Waals surface area contributed by atoms with Crippen molar-refractivity contribution in [3.8, 4) is 0 Å². The van der Waals surface area contributed by atoms with Gasteiger partial charge in [0.2, 0.25) is 12.2 Å². The van der Waals surface area contributed by atoms with E-state index >= 15 is 0 Å². The molecule has 0 spiro atoms. The van der Waals surface area contributed by atoms with Gasteiger partial charge < -0.3 is 0 Å². The molecule has 0 unspecified atom stereocenters. The molecule has 0 N–H and O–H groups in total. The van der Waals surface area contributed by atoms with E-state index in [1.807, 2.05) is 0 Å². The first-order valence-corrected chi connectivity index (χ1v) is 3.60. The van der Waals surface area contributed by atoms with Crippen LogP contribution < -0.4 is 0 Å². The zero-order valence-corrected chi connectivity index (χ0v) is 7.08. The molecule has 0 saturated carbocycles. The van der Waals surface area contributed by atoms with Gasteiger partial charge in [-0.15, -0.1) is 0 Å². The number of hydrogen-bond donors (Lipinski definition) is 0. The van der Waals surface area contributed by atoms with Crippen molar-refractivity contribution in [1.29, 1.82) is 0 Å². The molecule has 0 saturated heterocycles. The summed E-state index contributed by atoms with van der Waals surface area (Å²) in [7, 11) is 0. The van der Waals surface area contributed by atoms with E-state index in [1.165, 1.54) is 30.4 Å². The van der Waals surface area contributed by atoms with Gasteiger partial charge in [0.25, 0.3) is 0 Å². The molecule has 0 bridgehead atoms. The fourth-order valence-corrected chi connectivity index (χ4v) is 1.02. The highest BCUT2D eigenvalue weighted by Gasteiger charge is 1.97. The lowest BCUT2D eigenvalue weighted by Crippen LogP contribution is -1.68. The molecule has 5 heteroatoms. The van der Waals surface area contributed by atoms with Crippen LogP contribution in [0.25, 0.3) is 0 Å². The van der Waals surface area contributed by atoms with Crippen molar-refractivity contribution >= 4 is 35.1 Å². The predicted octanol–water partition coefficient (Wildman–Crippen LogP) is 2.27. The van der Waals surface area contributed by atoms with Crippen LogP contribution in [0.15, 0.2) is 28.2 Å². The second kappa shape index (κ2) is 4.33. The SMILES string of the molecule is O=C=Nc1cc(Cl)cc(N=C=O)c1. The maximum absolute atomic E-state index is 9.91. The molecule has 0 aliphatic heterocycles. The average molecular weight is 195 g/mol. The fraction of sp³-hybridized carbons (Fsp3) is 0. The standard InChI is InChI=1S/C8H3ClN2O2/c9-6-1-7(10-4-12)3-8(2-6)11-5-13/h1-3H. The normalized spacial score (nSPS) is 8.38. The second-order valence-corrected chi connectivity index (χ2v) is 2.51. The van der Waals surface area contributed by atoms with Gasteiger partial charge in [-0.25, -0.2) is 9.59 Å². The van der Waals surface area contributed by atoms with Crippen LogP contribution in [-0.4, -0.2) is 12.2 Å². The van der Waals surface area contributed by atoms with Gasteiger partial charge >= 0.3 is 0 Å². The zero-order valence-electron chi connectivity index (χ0n) is 6.32. The van der Waals surface area contributed by atoms with Crippen LogP contribution in [0, 0.1) is 0 Å². The number of nitrogens with zero attached hydrogens (tertiary/aromatic N) is 2. The first-order valence-electron chi connectivity index (χ1n) is 3.22. The van der Waals surface area contributed by atoms with Gasteiger partial charge in [-0.1, -0.05) is 11.6 Å². The quantitative estimate of drug-likeness (QED) is 0.536. The fourth-order valence-electron chi connectivity index (χ4n) is 0.794. The van der Waals surface area contributed by atoms with E-state index in [1.54, 1.807) is 0 Å². The third-order valence-corrected chi connectivity index (χ3v) is 1.44. The van der Waals surface area contributed by atoms with Crippen molar-refractivity contribution in [2.24, 2.45) is 9.98 Å². The Morgan fingerprint density at radius 2 is 1.46 bits per heavy atom. The number of isocyanates is 2. The highest BCUT2D eigenvalue weighted by atomic mass is 35.5. The lowest BCUT2D eigenvalue weighted by Gasteiger charge is -1.94. The van der Waals surface area contributed by atoms with Crippen LogP contribution in [0.2, 0.25) is 5.02 Å². The lowest BCUT2D eigenvalue weighted by atomic mass is 10.3. The molecule has 0 aliphatic carbocycles. The number of carbonyl (C=O) groups excluding carboxylic acids is 2. The summed E-state index contributed by atoms with van der Waals surface area (Å²) in [4.78, 5) is 26.5. The molecule has 64 valence electrons. The minimum atomic E-state index is 0.302. The Morgan fingerprint density at radius 1 is 1.00 bits per heavy atom. The van der Waals surface area contributed by atoms with Gasteiger partial charge in [-0.3, -0.25) is 0 Å². The third kappa shape index (κ3) is 2.65. The van der Waals surface area contributed by atoms with Gasteiger partial charge in [-0.05, 0) is 18.2 Å². The van der Waals surface area contributed by atoms with Gasteiger partial charge in [0, 0.05) is 5.02 Å². The largest absolute Gasteiger partial charge is 0.240 e. The number of benzene rings is 1. The summed E-state index contributed by atoms with van der Waals surface area (Å²) < 4.78 is 0. The Bertz CT molecular complexity index is 382. The summed E-state index contributed by atoms with van der Waals surface area (Å²) >= 11 is 5.64. The molecule has 1 rings (SSSR count). The molecule has 0 radical (unpaired) electrons. The Kier molecular flexibility index (Phi) is 3.12. The highest BCUT2D eigenvalue weighted by Crippen LogP contribution is 2.25. The van der Waals surface area contributed by atoms with Crippen LogP contribution >= 0.6 is 11.6 Å². The maximum atomic E-state index is 9.91. The zero-order chi connectivity index (χ0) is 9.68. The molecule has 0 atom stereocenters. The van der Waals surface area contributed by atoms with E-state index in [-0.39, 0.29) is 0 Å². The van der Waals surface area contributed by atoms with Crippen LogP contribution in [-0.2, 0) is 9.59 Å². The van der Waals surface area contributed by atoms with Crippen LogP contribution in [0.1, 0.15) is 0 Å². The molecule has 0 amide bonds. The summed E-state index contributed by atoms with van der Waals surface area (Å²) in [6.07, 6.45) is 2.71. The minimum absolute atomic E-state index is 0.302. The molecular formula is C8H3ClN2O2. The Labute approximate surface area is 78.6 Å². The summed E-state index contributed by atoms with van der Waals surface area (Å²) in [5.41, 5.74) is 0.605. The molecule has 1 aromatic rings. The first-order chi connectivity index (χ1) is 6.26. The van der Waals surface area contributed by atoms with Crippen molar-refractivity contribution in [3.05, 3.63) is 23.2 Å². The van der Waals surface area contributed by atoms with E-state index in [0.29, 0.717) is 16.4 Å². The van der Waals surface area contributed by atoms with E-state index in [9.17, 15) is 9.59 Å². The van der Waals surface area contributed by atoms with Crippen molar-refractivity contribution in [3.63, 3.8) is 0 Å². The summed E-state index contributed by atoms with van der Waals surface area (Å²) in [6.45, 7) is 0. The van der Waals surface area contributed by atoms with E-state index in [4.69, 9.17) is 11.6 Å². The Balaban J connectivity index is 3.25. The van der Waals surface area contributed by atoms with Gasteiger partial charge in [0.05, 0.1) is 11.4 Å². The highest BCUT2D eigenvalue weighted by molar-refractivity contribution is 6.31. The molecule has 0 aromatic heterocycles. The molecule has 1 aromatic carbocycles. The van der Waals surface area contributed by atoms with Gasteiger partial charge in [0.15, 0.2) is 0 Å². The molecule has 13 heavy (non-hydrogen) atoms. The van der Waals surface area contributed by atoms with Crippen molar-refractivity contribution in [2.45, 2.75) is 0 Å². The van der Waals surface area contributed by atoms with Crippen LogP contribution in [0.3, 0.4) is 0 Å². The summed E-state index contributed by atoms with van der Waals surface area (Å²) in [5.74, 6) is 0. The Hall–Kier alpha value is -1.73. The van der Waals surface area contributed by atoms with Crippen LogP contribution in [0.5, 0.6) is 0 Å². The minimum Gasteiger partial charge on any atom is -0.211 e. The maximum Gasteiger partial charge on any atom is 0.240 e. The first kappa shape index (κ1) is 9.36. The van der Waals surface area contributed by atoms with E-state index in [2.05, 4.69) is 9.98 Å². The summed E-state index contributed by atoms with van der Waals surface area (Å²) in [6, 6.07) is 4.33. The number of halogens is 1. The second-order valence-electron chi connectivity index (χ2n) is 2.07. The van der Waals surface area contributed by atoms with E-state index in [0.717, 1.165) is 0 Å². The monoisotopic (exact) mass is 194 g/mol. The number of aliphatic imine (C=N–C) groups is 2. The van der Waals surface area contributed by atoms with E-state index < -0.39 is 0 Å². The molecule has 4 nitrogen and oxygen atoms in total. The lowest BCUT2D eigenvalue weighted by molar-refractivity contribution is 0.565. The average Bonchev–Trinajstić information content (AvgIpc) is 2.04. The predicted molar refractivity (Wildman–Crippen MR) is 47.0 cm³/mol. The molecule has 0 fully saturated rings. The van der Waals surface area contributed by atoms with Crippen molar-refractivity contribution in [1.82, 2.24) is 0 Å². The van der Waals surface area contributed by atoms with Crippen LogP contribution in [0.4, 0.5) is 11.4 Å². The molecule has 0 heterocycles. The topological polar surface area (TPSA) is 58.9 Å². The number of hydrogen-bond acceptors (Lipinski definition) is 4. The smallest absolute Gasteiger partial charge is 0.211 e. The molecular weight excluding hydrogens is 192 g/mol. The Morgan fingerprint density at radius 3 is 1.85 bits per heavy atom. The van der Waals surface area contributed by atoms with Crippen molar-refractivity contribution in [2.75, 3.05) is 0 Å². The van der Waals surface area contributed by atoms with Crippen molar-refractivity contribution < 1.29 is 9.59 Å². The van der Waals surface area contributed by atoms with Gasteiger partial charge in [-0.2, -0.15) is 9.98 Å². The number of rotatable bonds is 2.